The smallest absolute Gasteiger partial charge is 0.340 e. The Bertz CT molecular complexity index is 299. The van der Waals surface area contributed by atoms with Crippen molar-refractivity contribution >= 4 is 5.91 Å². The molecule has 1 aromatic rings. The van der Waals surface area contributed by atoms with Gasteiger partial charge in [-0.1, -0.05) is 0 Å². The van der Waals surface area contributed by atoms with Gasteiger partial charge in [0.15, 0.2) is 0 Å². The van der Waals surface area contributed by atoms with Crippen LogP contribution in [-0.2, 0) is 11.3 Å². The highest BCUT2D eigenvalue weighted by molar-refractivity contribution is 5.72. The maximum absolute atomic E-state index is 10.4. The molecule has 0 saturated heterocycles. The van der Waals surface area contributed by atoms with Crippen molar-refractivity contribution in [3.8, 4) is 0 Å². The zero-order valence-corrected chi connectivity index (χ0v) is 5.97. The van der Waals surface area contributed by atoms with Gasteiger partial charge < -0.3 is 5.32 Å². The van der Waals surface area contributed by atoms with Crippen LogP contribution < -0.4 is 11.0 Å². The number of hydrogen-bond donors (Lipinski definition) is 3. The molecule has 1 aromatic heterocycles. The molecule has 0 bridgehead atoms. The highest BCUT2D eigenvalue weighted by Crippen LogP contribution is 1.78. The summed E-state index contributed by atoms with van der Waals surface area (Å²) in [5.74, 6) is 0.263. The van der Waals surface area contributed by atoms with Gasteiger partial charge in [0.1, 0.15) is 5.82 Å². The van der Waals surface area contributed by atoms with Gasteiger partial charge in [0.2, 0.25) is 5.91 Å². The Hall–Kier alpha value is -1.59. The lowest BCUT2D eigenvalue weighted by atomic mass is 10.6. The van der Waals surface area contributed by atoms with Crippen molar-refractivity contribution in [1.82, 2.24) is 20.5 Å². The Kier molecular flexibility index (Phi) is 2.05. The second kappa shape index (κ2) is 3.00. The Morgan fingerprint density at radius 1 is 1.73 bits per heavy atom. The van der Waals surface area contributed by atoms with Crippen LogP contribution in [0.15, 0.2) is 4.79 Å². The van der Waals surface area contributed by atoms with Crippen molar-refractivity contribution in [2.75, 3.05) is 0 Å². The van der Waals surface area contributed by atoms with Crippen LogP contribution in [0.25, 0.3) is 0 Å². The summed E-state index contributed by atoms with van der Waals surface area (Å²) in [4.78, 5) is 23.2. The molecule has 60 valence electrons. The highest BCUT2D eigenvalue weighted by atomic mass is 16.2. The van der Waals surface area contributed by atoms with Gasteiger partial charge in [-0.2, -0.15) is 5.10 Å². The van der Waals surface area contributed by atoms with Crippen LogP contribution in [0.4, 0.5) is 0 Å². The van der Waals surface area contributed by atoms with Crippen LogP contribution in [0, 0.1) is 0 Å². The number of carbonyl (C=O) groups is 1. The van der Waals surface area contributed by atoms with E-state index in [2.05, 4.69) is 20.5 Å². The Labute approximate surface area is 62.0 Å². The molecule has 3 N–H and O–H groups in total. The summed E-state index contributed by atoms with van der Waals surface area (Å²) in [6, 6.07) is 0. The minimum Gasteiger partial charge on any atom is -0.349 e. The lowest BCUT2D eigenvalue weighted by Gasteiger charge is -1.94. The van der Waals surface area contributed by atoms with E-state index in [1.807, 2.05) is 0 Å². The predicted molar refractivity (Wildman–Crippen MR) is 36.7 cm³/mol. The third kappa shape index (κ3) is 2.24. The lowest BCUT2D eigenvalue weighted by molar-refractivity contribution is -0.119. The summed E-state index contributed by atoms with van der Waals surface area (Å²) in [5.41, 5.74) is -0.370. The number of H-pyrrole nitrogens is 2. The summed E-state index contributed by atoms with van der Waals surface area (Å²) >= 11 is 0. The fraction of sp³-hybridized carbons (Fsp3) is 0.400. The number of nitrogens with one attached hydrogen (secondary N) is 3. The fourth-order valence-electron chi connectivity index (χ4n) is 0.597. The Balaban J connectivity index is 2.51. The number of nitrogens with zero attached hydrogens (tertiary/aromatic N) is 1. The molecule has 0 aromatic carbocycles. The molecular weight excluding hydrogens is 148 g/mol. The van der Waals surface area contributed by atoms with Crippen molar-refractivity contribution in [3.63, 3.8) is 0 Å². The molecule has 0 fully saturated rings. The third-order valence-electron chi connectivity index (χ3n) is 1.06. The molecule has 6 heteroatoms. The van der Waals surface area contributed by atoms with E-state index < -0.39 is 0 Å². The number of aromatic amines is 2. The van der Waals surface area contributed by atoms with E-state index >= 15 is 0 Å². The second-order valence-electron chi connectivity index (χ2n) is 2.03. The normalized spacial score (nSPS) is 9.55. The van der Waals surface area contributed by atoms with Gasteiger partial charge >= 0.3 is 5.69 Å². The van der Waals surface area contributed by atoms with E-state index in [1.165, 1.54) is 6.92 Å². The van der Waals surface area contributed by atoms with E-state index in [0.29, 0.717) is 5.82 Å². The maximum atomic E-state index is 10.4. The van der Waals surface area contributed by atoms with Gasteiger partial charge in [0.25, 0.3) is 0 Å². The van der Waals surface area contributed by atoms with Crippen molar-refractivity contribution in [2.24, 2.45) is 0 Å². The maximum Gasteiger partial charge on any atom is 0.340 e. The monoisotopic (exact) mass is 156 g/mol. The molecule has 0 aliphatic rings. The molecule has 1 heterocycles. The molecule has 0 aliphatic heterocycles. The predicted octanol–water partition coefficient (Wildman–Crippen LogP) is -1.27. The van der Waals surface area contributed by atoms with Crippen molar-refractivity contribution < 1.29 is 4.79 Å². The summed E-state index contributed by atoms with van der Waals surface area (Å²) in [6.07, 6.45) is 0. The summed E-state index contributed by atoms with van der Waals surface area (Å²) in [5, 5.41) is 8.24. The van der Waals surface area contributed by atoms with Gasteiger partial charge in [-0.25, -0.2) is 9.89 Å². The second-order valence-corrected chi connectivity index (χ2v) is 2.03. The first-order valence-corrected chi connectivity index (χ1v) is 3.06. The molecule has 1 amide bonds. The largest absolute Gasteiger partial charge is 0.349 e. The first-order chi connectivity index (χ1) is 5.18. The van der Waals surface area contributed by atoms with Gasteiger partial charge in [-0.15, -0.1) is 0 Å². The minimum atomic E-state index is -0.370. The average Bonchev–Trinajstić information content (AvgIpc) is 2.31. The number of rotatable bonds is 2. The van der Waals surface area contributed by atoms with E-state index in [1.54, 1.807) is 0 Å². The minimum absolute atomic E-state index is 0.158. The number of hydrogen-bond acceptors (Lipinski definition) is 3. The van der Waals surface area contributed by atoms with E-state index in [9.17, 15) is 9.59 Å². The van der Waals surface area contributed by atoms with Crippen molar-refractivity contribution in [2.45, 2.75) is 13.5 Å². The zero-order chi connectivity index (χ0) is 8.27. The summed E-state index contributed by atoms with van der Waals surface area (Å²) < 4.78 is 0. The third-order valence-corrected chi connectivity index (χ3v) is 1.06. The summed E-state index contributed by atoms with van der Waals surface area (Å²) in [6.45, 7) is 1.64. The standard InChI is InChI=1S/C5H8N4O2/c1-3(10)6-2-4-7-5(11)9-8-4/h2H2,1H3,(H,6,10)(H2,7,8,9,11). The zero-order valence-electron chi connectivity index (χ0n) is 5.97. The lowest BCUT2D eigenvalue weighted by Crippen LogP contribution is -2.20. The van der Waals surface area contributed by atoms with Gasteiger partial charge in [0, 0.05) is 6.92 Å². The van der Waals surface area contributed by atoms with Gasteiger partial charge in [-0.3, -0.25) is 9.78 Å². The van der Waals surface area contributed by atoms with Gasteiger partial charge in [-0.05, 0) is 0 Å². The molecule has 0 unspecified atom stereocenters. The molecule has 11 heavy (non-hydrogen) atoms. The Morgan fingerprint density at radius 2 is 2.45 bits per heavy atom. The molecule has 0 radical (unpaired) electrons. The molecular formula is C5H8N4O2. The number of aromatic nitrogens is 3. The average molecular weight is 156 g/mol. The van der Waals surface area contributed by atoms with E-state index in [0.717, 1.165) is 0 Å². The molecule has 0 spiro atoms. The molecule has 0 aliphatic carbocycles. The van der Waals surface area contributed by atoms with Crippen LogP contribution in [-0.4, -0.2) is 21.1 Å². The van der Waals surface area contributed by atoms with E-state index in [-0.39, 0.29) is 18.1 Å². The topological polar surface area (TPSA) is 90.6 Å². The van der Waals surface area contributed by atoms with Crippen molar-refractivity contribution in [3.05, 3.63) is 16.3 Å². The SMILES string of the molecule is CC(=O)NCc1n[nH]c(=O)[nH]1. The Morgan fingerprint density at radius 3 is 2.91 bits per heavy atom. The van der Waals surface area contributed by atoms with E-state index in [4.69, 9.17) is 0 Å². The molecule has 0 saturated carbocycles. The quantitative estimate of drug-likeness (QED) is 0.498. The van der Waals surface area contributed by atoms with Crippen LogP contribution in [0.5, 0.6) is 0 Å². The van der Waals surface area contributed by atoms with Crippen LogP contribution in [0.2, 0.25) is 0 Å². The highest BCUT2D eigenvalue weighted by Gasteiger charge is 1.97. The fourth-order valence-corrected chi connectivity index (χ4v) is 0.597. The first kappa shape index (κ1) is 7.52. The molecule has 0 atom stereocenters. The van der Waals surface area contributed by atoms with Gasteiger partial charge in [0.05, 0.1) is 6.54 Å². The van der Waals surface area contributed by atoms with Crippen LogP contribution >= 0.6 is 0 Å². The number of carbonyl (C=O) groups excluding carboxylic acids is 1. The first-order valence-electron chi connectivity index (χ1n) is 3.06. The van der Waals surface area contributed by atoms with Crippen LogP contribution in [0.3, 0.4) is 0 Å². The molecule has 1 rings (SSSR count). The summed E-state index contributed by atoms with van der Waals surface area (Å²) in [7, 11) is 0. The van der Waals surface area contributed by atoms with Crippen molar-refractivity contribution in [1.29, 1.82) is 0 Å². The molecule has 6 nitrogen and oxygen atoms in total. The van der Waals surface area contributed by atoms with Crippen LogP contribution in [0.1, 0.15) is 12.7 Å². The number of amides is 1.